The van der Waals surface area contributed by atoms with Gasteiger partial charge >= 0.3 is 0 Å². The second-order valence-electron chi connectivity index (χ2n) is 9.58. The molecule has 1 aliphatic rings. The van der Waals surface area contributed by atoms with Crippen LogP contribution in [0.15, 0.2) is 77.9 Å². The summed E-state index contributed by atoms with van der Waals surface area (Å²) in [5.41, 5.74) is 4.56. The Morgan fingerprint density at radius 1 is 1.00 bits per heavy atom. The molecule has 2 aromatic heterocycles. The van der Waals surface area contributed by atoms with Crippen molar-refractivity contribution in [1.82, 2.24) is 14.5 Å². The van der Waals surface area contributed by atoms with Gasteiger partial charge < -0.3 is 9.67 Å². The molecule has 174 valence electrons. The fraction of sp³-hybridized carbons (Fsp3) is 0.310. The summed E-state index contributed by atoms with van der Waals surface area (Å²) in [7, 11) is 1.88. The van der Waals surface area contributed by atoms with Crippen molar-refractivity contribution in [2.45, 2.75) is 38.3 Å². The van der Waals surface area contributed by atoms with E-state index in [-0.39, 0.29) is 24.1 Å². The largest absolute Gasteiger partial charge is 0.395 e. The standard InChI is InChI=1S/C29H31N3O2/c1-19(2)32-17-24(15-25(32)18-33)27-16-26(21-10-12-30-13-11-21)28(29(34)31(27)3)23-9-8-20-6-4-5-7-22(20)14-23/h4-14,16,19,24-25,33H,15,17-18H2,1-3H3. The number of hydrogen-bond acceptors (Lipinski definition) is 4. The molecule has 5 heteroatoms. The van der Waals surface area contributed by atoms with Crippen LogP contribution in [-0.2, 0) is 7.05 Å². The first-order valence-corrected chi connectivity index (χ1v) is 12.0. The molecule has 0 aliphatic carbocycles. The van der Waals surface area contributed by atoms with E-state index < -0.39 is 0 Å². The molecular formula is C29H31N3O2. The van der Waals surface area contributed by atoms with Gasteiger partial charge in [0.2, 0.25) is 0 Å². The van der Waals surface area contributed by atoms with Crippen molar-refractivity contribution in [1.29, 1.82) is 0 Å². The van der Waals surface area contributed by atoms with Crippen LogP contribution in [-0.4, -0.2) is 44.8 Å². The van der Waals surface area contributed by atoms with Crippen LogP contribution in [0.25, 0.3) is 33.0 Å². The SMILES string of the molecule is CC(C)N1CC(c2cc(-c3ccncc3)c(-c3ccc4ccccc4c3)c(=O)n2C)CC1CO. The molecule has 1 fully saturated rings. The zero-order valence-corrected chi connectivity index (χ0v) is 20.0. The Hall–Kier alpha value is -3.28. The average molecular weight is 454 g/mol. The number of fused-ring (bicyclic) bond motifs is 1. The third-order valence-electron chi connectivity index (χ3n) is 7.25. The van der Waals surface area contributed by atoms with Gasteiger partial charge in [0.15, 0.2) is 0 Å². The number of hydrogen-bond donors (Lipinski definition) is 1. The fourth-order valence-electron chi connectivity index (χ4n) is 5.46. The van der Waals surface area contributed by atoms with Gasteiger partial charge in [-0.3, -0.25) is 14.7 Å². The summed E-state index contributed by atoms with van der Waals surface area (Å²) in [4.78, 5) is 20.5. The summed E-state index contributed by atoms with van der Waals surface area (Å²) in [5, 5.41) is 12.2. The molecule has 0 spiro atoms. The van der Waals surface area contributed by atoms with Crippen molar-refractivity contribution >= 4 is 10.8 Å². The molecule has 5 rings (SSSR count). The number of benzene rings is 2. The van der Waals surface area contributed by atoms with Gasteiger partial charge in [0.05, 0.1) is 12.2 Å². The molecule has 1 aliphatic heterocycles. The highest BCUT2D eigenvalue weighted by Gasteiger charge is 2.35. The number of pyridine rings is 2. The van der Waals surface area contributed by atoms with E-state index in [0.29, 0.717) is 11.6 Å². The van der Waals surface area contributed by atoms with Gasteiger partial charge in [-0.05, 0) is 72.0 Å². The molecule has 0 amide bonds. The lowest BCUT2D eigenvalue weighted by atomic mass is 9.91. The smallest absolute Gasteiger partial charge is 0.259 e. The summed E-state index contributed by atoms with van der Waals surface area (Å²) < 4.78 is 1.82. The maximum Gasteiger partial charge on any atom is 0.259 e. The Labute approximate surface area is 200 Å². The van der Waals surface area contributed by atoms with Gasteiger partial charge in [0, 0.05) is 49.7 Å². The molecule has 4 aromatic rings. The van der Waals surface area contributed by atoms with Crippen LogP contribution < -0.4 is 5.56 Å². The lowest BCUT2D eigenvalue weighted by molar-refractivity contribution is 0.132. The number of likely N-dealkylation sites (tertiary alicyclic amines) is 1. The number of aliphatic hydroxyl groups is 1. The van der Waals surface area contributed by atoms with Gasteiger partial charge in [-0.1, -0.05) is 36.4 Å². The predicted molar refractivity (Wildman–Crippen MR) is 138 cm³/mol. The van der Waals surface area contributed by atoms with Crippen LogP contribution in [0, 0.1) is 0 Å². The average Bonchev–Trinajstić information content (AvgIpc) is 3.30. The van der Waals surface area contributed by atoms with E-state index in [1.165, 1.54) is 0 Å². The molecule has 5 nitrogen and oxygen atoms in total. The van der Waals surface area contributed by atoms with Gasteiger partial charge in [-0.15, -0.1) is 0 Å². The molecule has 3 heterocycles. The zero-order valence-electron chi connectivity index (χ0n) is 20.0. The Morgan fingerprint density at radius 2 is 1.74 bits per heavy atom. The number of aromatic nitrogens is 2. The summed E-state index contributed by atoms with van der Waals surface area (Å²) in [6.07, 6.45) is 4.39. The Morgan fingerprint density at radius 3 is 2.41 bits per heavy atom. The summed E-state index contributed by atoms with van der Waals surface area (Å²) in [6.45, 7) is 5.29. The van der Waals surface area contributed by atoms with E-state index in [1.807, 2.05) is 41.9 Å². The first-order valence-electron chi connectivity index (χ1n) is 12.0. The summed E-state index contributed by atoms with van der Waals surface area (Å²) in [5.74, 6) is 0.184. The van der Waals surface area contributed by atoms with Crippen molar-refractivity contribution in [3.63, 3.8) is 0 Å². The molecule has 2 aromatic carbocycles. The van der Waals surface area contributed by atoms with Crippen LogP contribution in [0.1, 0.15) is 31.9 Å². The molecule has 34 heavy (non-hydrogen) atoms. The molecule has 2 unspecified atom stereocenters. The van der Waals surface area contributed by atoms with Crippen molar-refractivity contribution in [2.75, 3.05) is 13.2 Å². The summed E-state index contributed by atoms with van der Waals surface area (Å²) in [6, 6.07) is 21.0. The van der Waals surface area contributed by atoms with Gasteiger partial charge in [0.1, 0.15) is 0 Å². The van der Waals surface area contributed by atoms with E-state index in [0.717, 1.165) is 46.1 Å². The second kappa shape index (κ2) is 9.16. The van der Waals surface area contributed by atoms with Crippen LogP contribution >= 0.6 is 0 Å². The van der Waals surface area contributed by atoms with E-state index >= 15 is 0 Å². The third kappa shape index (κ3) is 3.95. The lowest BCUT2D eigenvalue weighted by Crippen LogP contribution is -2.37. The Kier molecular flexibility index (Phi) is 6.07. The molecule has 0 radical (unpaired) electrons. The molecule has 2 atom stereocenters. The van der Waals surface area contributed by atoms with Crippen molar-refractivity contribution in [3.05, 3.63) is 89.1 Å². The molecule has 1 N–H and O–H groups in total. The van der Waals surface area contributed by atoms with Crippen LogP contribution in [0.5, 0.6) is 0 Å². The Balaban J connectivity index is 1.70. The molecule has 0 bridgehead atoms. The van der Waals surface area contributed by atoms with Gasteiger partial charge in [0.25, 0.3) is 5.56 Å². The number of aliphatic hydroxyl groups excluding tert-OH is 1. The van der Waals surface area contributed by atoms with Crippen LogP contribution in [0.3, 0.4) is 0 Å². The fourth-order valence-corrected chi connectivity index (χ4v) is 5.46. The minimum absolute atomic E-state index is 0.00291. The maximum atomic E-state index is 13.9. The minimum atomic E-state index is 0.00291. The van der Waals surface area contributed by atoms with Crippen molar-refractivity contribution < 1.29 is 5.11 Å². The second-order valence-corrected chi connectivity index (χ2v) is 9.58. The number of nitrogens with zero attached hydrogens (tertiary/aromatic N) is 3. The molecule has 1 saturated heterocycles. The van der Waals surface area contributed by atoms with Crippen LogP contribution in [0.4, 0.5) is 0 Å². The first-order chi connectivity index (χ1) is 16.5. The van der Waals surface area contributed by atoms with Gasteiger partial charge in [-0.25, -0.2) is 0 Å². The normalized spacial score (nSPS) is 18.7. The van der Waals surface area contributed by atoms with E-state index in [1.54, 1.807) is 12.4 Å². The maximum absolute atomic E-state index is 13.9. The quantitative estimate of drug-likeness (QED) is 0.470. The molecular weight excluding hydrogens is 422 g/mol. The topological polar surface area (TPSA) is 58.4 Å². The molecule has 0 saturated carbocycles. The van der Waals surface area contributed by atoms with E-state index in [4.69, 9.17) is 0 Å². The van der Waals surface area contributed by atoms with Crippen molar-refractivity contribution in [2.24, 2.45) is 7.05 Å². The predicted octanol–water partition coefficient (Wildman–Crippen LogP) is 4.83. The first kappa shape index (κ1) is 22.5. The monoisotopic (exact) mass is 453 g/mol. The third-order valence-corrected chi connectivity index (χ3v) is 7.25. The highest BCUT2D eigenvalue weighted by atomic mass is 16.3. The van der Waals surface area contributed by atoms with Crippen molar-refractivity contribution in [3.8, 4) is 22.3 Å². The lowest BCUT2D eigenvalue weighted by Gasteiger charge is -2.26. The van der Waals surface area contributed by atoms with E-state index in [2.05, 4.69) is 54.1 Å². The summed E-state index contributed by atoms with van der Waals surface area (Å²) >= 11 is 0. The highest BCUT2D eigenvalue weighted by molar-refractivity contribution is 5.91. The zero-order chi connectivity index (χ0) is 23.8. The Bertz CT molecular complexity index is 1380. The van der Waals surface area contributed by atoms with E-state index in [9.17, 15) is 9.90 Å². The van der Waals surface area contributed by atoms with Crippen LogP contribution in [0.2, 0.25) is 0 Å². The van der Waals surface area contributed by atoms with Gasteiger partial charge in [-0.2, -0.15) is 0 Å². The highest BCUT2D eigenvalue weighted by Crippen LogP contribution is 2.37. The number of rotatable bonds is 5. The minimum Gasteiger partial charge on any atom is -0.395 e.